The number of anilines is 1. The van der Waals surface area contributed by atoms with Crippen LogP contribution in [-0.2, 0) is 0 Å². The number of rotatable bonds is 6. The Bertz CT molecular complexity index is 632. The van der Waals surface area contributed by atoms with E-state index in [9.17, 15) is 0 Å². The Kier molecular flexibility index (Phi) is 6.67. The van der Waals surface area contributed by atoms with Gasteiger partial charge >= 0.3 is 0 Å². The Labute approximate surface area is 150 Å². The van der Waals surface area contributed by atoms with Crippen molar-refractivity contribution in [2.24, 2.45) is 0 Å². The predicted molar refractivity (Wildman–Crippen MR) is 101 cm³/mol. The molecular formula is C17H19BrN2O2S. The van der Waals surface area contributed by atoms with Crippen molar-refractivity contribution in [3.05, 3.63) is 53.0 Å². The van der Waals surface area contributed by atoms with Crippen molar-refractivity contribution in [2.75, 3.05) is 19.0 Å². The van der Waals surface area contributed by atoms with Crippen LogP contribution < -0.4 is 20.1 Å². The van der Waals surface area contributed by atoms with E-state index >= 15 is 0 Å². The van der Waals surface area contributed by atoms with Gasteiger partial charge in [-0.1, -0.05) is 15.9 Å². The molecule has 4 nitrogen and oxygen atoms in total. The molecule has 0 heterocycles. The van der Waals surface area contributed by atoms with Gasteiger partial charge in [-0.05, 0) is 67.7 Å². The van der Waals surface area contributed by atoms with E-state index in [2.05, 4.69) is 26.6 Å². The maximum absolute atomic E-state index is 5.72. The SMILES string of the molecule is COc1ccc(OCC(C)NC(=S)Nc2ccc(Br)cc2)cc1. The third-order valence-corrected chi connectivity index (χ3v) is 3.79. The topological polar surface area (TPSA) is 42.5 Å². The highest BCUT2D eigenvalue weighted by molar-refractivity contribution is 9.10. The summed E-state index contributed by atoms with van der Waals surface area (Å²) in [4.78, 5) is 0. The second-order valence-electron chi connectivity index (χ2n) is 4.99. The Balaban J connectivity index is 1.75. The first-order chi connectivity index (χ1) is 11.1. The first kappa shape index (κ1) is 17.6. The fourth-order valence-corrected chi connectivity index (χ4v) is 2.44. The van der Waals surface area contributed by atoms with Crippen molar-refractivity contribution in [1.82, 2.24) is 5.32 Å². The largest absolute Gasteiger partial charge is 0.497 e. The van der Waals surface area contributed by atoms with Crippen LogP contribution in [0.1, 0.15) is 6.92 Å². The Morgan fingerprint density at radius 2 is 1.70 bits per heavy atom. The second-order valence-corrected chi connectivity index (χ2v) is 6.32. The smallest absolute Gasteiger partial charge is 0.171 e. The van der Waals surface area contributed by atoms with Gasteiger partial charge in [0, 0.05) is 10.2 Å². The Morgan fingerprint density at radius 3 is 2.30 bits per heavy atom. The van der Waals surface area contributed by atoms with Crippen molar-refractivity contribution >= 4 is 38.9 Å². The minimum absolute atomic E-state index is 0.0764. The van der Waals surface area contributed by atoms with Crippen LogP contribution in [0.5, 0.6) is 11.5 Å². The van der Waals surface area contributed by atoms with E-state index in [4.69, 9.17) is 21.7 Å². The molecule has 0 saturated carbocycles. The molecule has 122 valence electrons. The van der Waals surface area contributed by atoms with Crippen molar-refractivity contribution in [3.63, 3.8) is 0 Å². The molecule has 0 fully saturated rings. The van der Waals surface area contributed by atoms with E-state index in [-0.39, 0.29) is 6.04 Å². The predicted octanol–water partition coefficient (Wildman–Crippen LogP) is 4.21. The lowest BCUT2D eigenvalue weighted by molar-refractivity contribution is 0.286. The van der Waals surface area contributed by atoms with E-state index in [0.717, 1.165) is 21.7 Å². The van der Waals surface area contributed by atoms with E-state index in [1.807, 2.05) is 55.5 Å². The van der Waals surface area contributed by atoms with Gasteiger partial charge < -0.3 is 20.1 Å². The number of halogens is 1. The molecule has 0 bridgehead atoms. The van der Waals surface area contributed by atoms with Crippen LogP contribution in [0.4, 0.5) is 5.69 Å². The van der Waals surface area contributed by atoms with E-state index in [1.165, 1.54) is 0 Å². The quantitative estimate of drug-likeness (QED) is 0.718. The van der Waals surface area contributed by atoms with Gasteiger partial charge in [0.05, 0.1) is 13.2 Å². The number of thiocarbonyl (C=S) groups is 1. The fraction of sp³-hybridized carbons (Fsp3) is 0.235. The van der Waals surface area contributed by atoms with Gasteiger partial charge in [0.25, 0.3) is 0 Å². The summed E-state index contributed by atoms with van der Waals surface area (Å²) in [5.41, 5.74) is 0.939. The Morgan fingerprint density at radius 1 is 1.09 bits per heavy atom. The molecule has 1 unspecified atom stereocenters. The van der Waals surface area contributed by atoms with E-state index in [0.29, 0.717) is 11.7 Å². The highest BCUT2D eigenvalue weighted by atomic mass is 79.9. The number of ether oxygens (including phenoxy) is 2. The zero-order valence-corrected chi connectivity index (χ0v) is 15.4. The van der Waals surface area contributed by atoms with Crippen LogP contribution in [0.3, 0.4) is 0 Å². The molecule has 6 heteroatoms. The fourth-order valence-electron chi connectivity index (χ4n) is 1.86. The third kappa shape index (κ3) is 6.08. The molecule has 2 rings (SSSR count). The summed E-state index contributed by atoms with van der Waals surface area (Å²) in [6.45, 7) is 2.52. The summed E-state index contributed by atoms with van der Waals surface area (Å²) in [5.74, 6) is 1.61. The zero-order valence-electron chi connectivity index (χ0n) is 13.0. The van der Waals surface area contributed by atoms with Crippen LogP contribution in [0.25, 0.3) is 0 Å². The maximum Gasteiger partial charge on any atom is 0.171 e. The van der Waals surface area contributed by atoms with Gasteiger partial charge in [-0.2, -0.15) is 0 Å². The first-order valence-corrected chi connectivity index (χ1v) is 8.37. The molecule has 2 aromatic carbocycles. The lowest BCUT2D eigenvalue weighted by Crippen LogP contribution is -2.39. The molecule has 2 N–H and O–H groups in total. The van der Waals surface area contributed by atoms with Gasteiger partial charge in [-0.25, -0.2) is 0 Å². The lowest BCUT2D eigenvalue weighted by Gasteiger charge is -2.17. The summed E-state index contributed by atoms with van der Waals surface area (Å²) in [7, 11) is 1.64. The van der Waals surface area contributed by atoms with Crippen LogP contribution in [0, 0.1) is 0 Å². The first-order valence-electron chi connectivity index (χ1n) is 7.17. The van der Waals surface area contributed by atoms with Gasteiger partial charge in [-0.3, -0.25) is 0 Å². The number of hydrogen-bond acceptors (Lipinski definition) is 3. The summed E-state index contributed by atoms with van der Waals surface area (Å²) >= 11 is 8.71. The summed E-state index contributed by atoms with van der Waals surface area (Å²) < 4.78 is 11.9. The minimum Gasteiger partial charge on any atom is -0.497 e. The molecule has 0 aliphatic rings. The van der Waals surface area contributed by atoms with Gasteiger partial charge in [0.2, 0.25) is 0 Å². The average molecular weight is 395 g/mol. The van der Waals surface area contributed by atoms with Crippen molar-refractivity contribution in [3.8, 4) is 11.5 Å². The van der Waals surface area contributed by atoms with Crippen LogP contribution in [-0.4, -0.2) is 24.9 Å². The summed E-state index contributed by atoms with van der Waals surface area (Å²) in [5, 5.41) is 6.90. The monoisotopic (exact) mass is 394 g/mol. The Hall–Kier alpha value is -1.79. The van der Waals surface area contributed by atoms with Gasteiger partial charge in [-0.15, -0.1) is 0 Å². The molecule has 23 heavy (non-hydrogen) atoms. The average Bonchev–Trinajstić information content (AvgIpc) is 2.55. The van der Waals surface area contributed by atoms with Crippen LogP contribution in [0.2, 0.25) is 0 Å². The molecule has 0 aliphatic carbocycles. The third-order valence-electron chi connectivity index (χ3n) is 3.04. The van der Waals surface area contributed by atoms with Crippen LogP contribution >= 0.6 is 28.1 Å². The normalized spacial score (nSPS) is 11.4. The van der Waals surface area contributed by atoms with Crippen LogP contribution in [0.15, 0.2) is 53.0 Å². The molecule has 0 saturated heterocycles. The summed E-state index contributed by atoms with van der Waals surface area (Å²) in [6.07, 6.45) is 0. The van der Waals surface area contributed by atoms with E-state index < -0.39 is 0 Å². The standard InChI is InChI=1S/C17H19BrN2O2S/c1-12(11-22-16-9-7-15(21-2)8-10-16)19-17(23)20-14-5-3-13(18)4-6-14/h3-10,12H,11H2,1-2H3,(H2,19,20,23). The lowest BCUT2D eigenvalue weighted by atomic mass is 10.3. The maximum atomic E-state index is 5.72. The number of hydrogen-bond donors (Lipinski definition) is 2. The molecule has 0 aromatic heterocycles. The molecule has 0 radical (unpaired) electrons. The van der Waals surface area contributed by atoms with Gasteiger partial charge in [0.1, 0.15) is 18.1 Å². The molecule has 0 spiro atoms. The van der Waals surface area contributed by atoms with Crippen molar-refractivity contribution < 1.29 is 9.47 Å². The molecule has 0 amide bonds. The number of nitrogens with one attached hydrogen (secondary N) is 2. The number of benzene rings is 2. The minimum atomic E-state index is 0.0764. The second kappa shape index (κ2) is 8.74. The van der Waals surface area contributed by atoms with Crippen molar-refractivity contribution in [2.45, 2.75) is 13.0 Å². The molecular weight excluding hydrogens is 376 g/mol. The summed E-state index contributed by atoms with van der Waals surface area (Å²) in [6, 6.07) is 15.4. The molecule has 0 aliphatic heterocycles. The zero-order chi connectivity index (χ0) is 16.7. The van der Waals surface area contributed by atoms with Gasteiger partial charge in [0.15, 0.2) is 5.11 Å². The molecule has 2 aromatic rings. The van der Waals surface area contributed by atoms with Crippen molar-refractivity contribution in [1.29, 1.82) is 0 Å². The number of methoxy groups -OCH3 is 1. The van der Waals surface area contributed by atoms with E-state index in [1.54, 1.807) is 7.11 Å². The molecule has 1 atom stereocenters. The highest BCUT2D eigenvalue weighted by Crippen LogP contribution is 2.17. The highest BCUT2D eigenvalue weighted by Gasteiger charge is 2.06.